The average Bonchev–Trinajstić information content (AvgIpc) is 2.73. The first-order valence-corrected chi connectivity index (χ1v) is 6.23. The van der Waals surface area contributed by atoms with Crippen LogP contribution in [0.3, 0.4) is 0 Å². The Morgan fingerprint density at radius 3 is 2.71 bits per heavy atom. The van der Waals surface area contributed by atoms with Crippen molar-refractivity contribution in [1.82, 2.24) is 10.6 Å². The molecule has 0 radical (unpaired) electrons. The normalized spacial score (nSPS) is 31.6. The molecule has 2 unspecified atom stereocenters. The van der Waals surface area contributed by atoms with E-state index in [2.05, 4.69) is 41.0 Å². The van der Waals surface area contributed by atoms with Crippen LogP contribution in [0.1, 0.15) is 5.56 Å². The first-order chi connectivity index (χ1) is 7.89. The number of hydrogen-bond acceptors (Lipinski definition) is 2. The lowest BCUT2D eigenvalue weighted by Crippen LogP contribution is -3.00. The summed E-state index contributed by atoms with van der Waals surface area (Å²) < 4.78 is 1.23. The summed E-state index contributed by atoms with van der Waals surface area (Å²) in [6, 6.07) is 10.9. The first kappa shape index (κ1) is 13.0. The number of halogens is 1. The van der Waals surface area contributed by atoms with E-state index in [0.717, 1.165) is 13.1 Å². The molecule has 1 aromatic rings. The molecule has 3 nitrogen and oxygen atoms in total. The van der Waals surface area contributed by atoms with Gasteiger partial charge in [-0.15, -0.1) is 0 Å². The Morgan fingerprint density at radius 1 is 1.12 bits per heavy atom. The predicted octanol–water partition coefficient (Wildman–Crippen LogP) is -2.46. The highest BCUT2D eigenvalue weighted by Gasteiger charge is 2.43. The second kappa shape index (κ2) is 5.48. The zero-order chi connectivity index (χ0) is 10.8. The number of fused-ring (bicyclic) bond motifs is 1. The molecule has 4 heteroatoms. The Balaban J connectivity index is 0.00000108. The highest BCUT2D eigenvalue weighted by atomic mass is 79.9. The second-order valence-corrected chi connectivity index (χ2v) is 4.98. The molecule has 0 aromatic heterocycles. The van der Waals surface area contributed by atoms with Gasteiger partial charge in [-0.1, -0.05) is 30.3 Å². The lowest BCUT2D eigenvalue weighted by atomic mass is 10.1. The Morgan fingerprint density at radius 2 is 1.88 bits per heavy atom. The van der Waals surface area contributed by atoms with E-state index < -0.39 is 0 Å². The molecule has 2 N–H and O–H groups in total. The van der Waals surface area contributed by atoms with Gasteiger partial charge in [0.2, 0.25) is 0 Å². The average molecular weight is 298 g/mol. The van der Waals surface area contributed by atoms with Crippen molar-refractivity contribution in [3.63, 3.8) is 0 Å². The molecule has 0 saturated carbocycles. The summed E-state index contributed by atoms with van der Waals surface area (Å²) in [7, 11) is 0. The van der Waals surface area contributed by atoms with Crippen LogP contribution in [-0.2, 0) is 6.54 Å². The summed E-state index contributed by atoms with van der Waals surface area (Å²) in [6.07, 6.45) is 0.619. The number of benzene rings is 1. The quantitative estimate of drug-likeness (QED) is 0.592. The molecule has 0 bridgehead atoms. The van der Waals surface area contributed by atoms with E-state index in [-0.39, 0.29) is 17.0 Å². The molecule has 94 valence electrons. The van der Waals surface area contributed by atoms with E-state index in [4.69, 9.17) is 0 Å². The SMILES string of the molecule is [Br-].c1ccc(C[N+]23CCNCC2NCC3)cc1. The van der Waals surface area contributed by atoms with Gasteiger partial charge in [-0.2, -0.15) is 0 Å². The van der Waals surface area contributed by atoms with Gasteiger partial charge in [-0.3, -0.25) is 5.32 Å². The third kappa shape index (κ3) is 2.55. The van der Waals surface area contributed by atoms with Gasteiger partial charge < -0.3 is 26.8 Å². The topological polar surface area (TPSA) is 24.1 Å². The summed E-state index contributed by atoms with van der Waals surface area (Å²) in [6.45, 7) is 7.16. The fourth-order valence-electron chi connectivity index (χ4n) is 3.09. The smallest absolute Gasteiger partial charge is 0.156 e. The lowest BCUT2D eigenvalue weighted by Gasteiger charge is -2.42. The third-order valence-electron chi connectivity index (χ3n) is 4.01. The molecule has 2 saturated heterocycles. The molecule has 3 rings (SSSR count). The van der Waals surface area contributed by atoms with E-state index in [0.29, 0.717) is 6.17 Å². The minimum Gasteiger partial charge on any atom is -1.00 e. The fourth-order valence-corrected chi connectivity index (χ4v) is 3.09. The second-order valence-electron chi connectivity index (χ2n) is 4.98. The van der Waals surface area contributed by atoms with Crippen LogP contribution >= 0.6 is 0 Å². The number of quaternary nitrogens is 1. The number of hydrogen-bond donors (Lipinski definition) is 2. The molecule has 2 aliphatic rings. The van der Waals surface area contributed by atoms with Crippen LogP contribution in [0.4, 0.5) is 0 Å². The Hall–Kier alpha value is -0.420. The lowest BCUT2D eigenvalue weighted by molar-refractivity contribution is -0.954. The van der Waals surface area contributed by atoms with Crippen LogP contribution in [0.2, 0.25) is 0 Å². The number of rotatable bonds is 2. The van der Waals surface area contributed by atoms with E-state index in [1.807, 2.05) is 0 Å². The number of nitrogens with zero attached hydrogens (tertiary/aromatic N) is 1. The number of nitrogens with one attached hydrogen (secondary N) is 2. The van der Waals surface area contributed by atoms with E-state index in [1.165, 1.54) is 36.2 Å². The van der Waals surface area contributed by atoms with E-state index in [1.54, 1.807) is 0 Å². The maximum absolute atomic E-state index is 3.63. The van der Waals surface area contributed by atoms with Crippen LogP contribution in [0.5, 0.6) is 0 Å². The summed E-state index contributed by atoms with van der Waals surface area (Å²) in [5.41, 5.74) is 1.47. The minimum absolute atomic E-state index is 0. The molecule has 2 aliphatic heterocycles. The Bertz CT molecular complexity index is 357. The van der Waals surface area contributed by atoms with Crippen LogP contribution in [0, 0.1) is 0 Å². The first-order valence-electron chi connectivity index (χ1n) is 6.23. The maximum Gasteiger partial charge on any atom is 0.156 e. The zero-order valence-electron chi connectivity index (χ0n) is 10.0. The molecule has 2 fully saturated rings. The molecule has 2 atom stereocenters. The molecule has 0 aliphatic carbocycles. The van der Waals surface area contributed by atoms with Crippen LogP contribution in [-0.4, -0.2) is 43.4 Å². The maximum atomic E-state index is 3.63. The van der Waals surface area contributed by atoms with Crippen molar-refractivity contribution in [2.75, 3.05) is 32.7 Å². The molecule has 17 heavy (non-hydrogen) atoms. The van der Waals surface area contributed by atoms with Gasteiger partial charge in [0, 0.05) is 12.1 Å². The predicted molar refractivity (Wildman–Crippen MR) is 64.8 cm³/mol. The van der Waals surface area contributed by atoms with Gasteiger partial charge in [0.25, 0.3) is 0 Å². The minimum atomic E-state index is 0. The van der Waals surface area contributed by atoms with Crippen LogP contribution < -0.4 is 27.6 Å². The highest BCUT2D eigenvalue weighted by Crippen LogP contribution is 2.23. The zero-order valence-corrected chi connectivity index (χ0v) is 11.6. The summed E-state index contributed by atoms with van der Waals surface area (Å²) in [5, 5.41) is 7.12. The van der Waals surface area contributed by atoms with Crippen LogP contribution in [0.25, 0.3) is 0 Å². The van der Waals surface area contributed by atoms with Crippen molar-refractivity contribution < 1.29 is 21.5 Å². The largest absolute Gasteiger partial charge is 1.00 e. The summed E-state index contributed by atoms with van der Waals surface area (Å²) >= 11 is 0. The van der Waals surface area contributed by atoms with Gasteiger partial charge >= 0.3 is 0 Å². The standard InChI is InChI=1S/C13H20N3.BrH/c1-2-4-12(5-3-1)11-16-8-6-14-10-13(16)15-7-9-16;/h1-5,13-15H,6-11H2;1H/q+1;/p-1. The van der Waals surface area contributed by atoms with Crippen molar-refractivity contribution in [2.45, 2.75) is 12.7 Å². The Kier molecular flexibility index (Phi) is 4.20. The van der Waals surface area contributed by atoms with Crippen molar-refractivity contribution in [3.8, 4) is 0 Å². The Labute approximate surface area is 114 Å². The van der Waals surface area contributed by atoms with Gasteiger partial charge in [0.05, 0.1) is 26.2 Å². The number of piperazine rings is 1. The molecule has 1 aromatic carbocycles. The van der Waals surface area contributed by atoms with Crippen molar-refractivity contribution >= 4 is 0 Å². The molecular weight excluding hydrogens is 278 g/mol. The molecular formula is C13H20BrN3. The fraction of sp³-hybridized carbons (Fsp3) is 0.538. The van der Waals surface area contributed by atoms with Gasteiger partial charge in [0.1, 0.15) is 6.54 Å². The third-order valence-corrected chi connectivity index (χ3v) is 4.01. The molecule has 2 heterocycles. The van der Waals surface area contributed by atoms with E-state index >= 15 is 0 Å². The van der Waals surface area contributed by atoms with Crippen molar-refractivity contribution in [2.24, 2.45) is 0 Å². The summed E-state index contributed by atoms with van der Waals surface area (Å²) in [5.74, 6) is 0. The van der Waals surface area contributed by atoms with Crippen molar-refractivity contribution in [3.05, 3.63) is 35.9 Å². The summed E-state index contributed by atoms with van der Waals surface area (Å²) in [4.78, 5) is 0. The highest BCUT2D eigenvalue weighted by molar-refractivity contribution is 5.13. The monoisotopic (exact) mass is 297 g/mol. The van der Waals surface area contributed by atoms with Gasteiger partial charge in [-0.25, -0.2) is 0 Å². The molecule has 0 spiro atoms. The van der Waals surface area contributed by atoms with Crippen LogP contribution in [0.15, 0.2) is 30.3 Å². The van der Waals surface area contributed by atoms with Gasteiger partial charge in [0.15, 0.2) is 6.17 Å². The van der Waals surface area contributed by atoms with Gasteiger partial charge in [-0.05, 0) is 0 Å². The van der Waals surface area contributed by atoms with E-state index in [9.17, 15) is 0 Å². The van der Waals surface area contributed by atoms with Crippen molar-refractivity contribution in [1.29, 1.82) is 0 Å². The molecule has 0 amide bonds.